The molecule has 1 fully saturated rings. The number of hydrogen-bond acceptors (Lipinski definition) is 2. The monoisotopic (exact) mass is 313 g/mol. The molecule has 1 N–H and O–H groups in total. The number of carbonyl (C=O) groups is 1. The quantitative estimate of drug-likeness (QED) is 0.905. The molecular formula is C16H21Cl2NO. The summed E-state index contributed by atoms with van der Waals surface area (Å²) in [4.78, 5) is 12.7. The van der Waals surface area contributed by atoms with Crippen LogP contribution in [-0.4, -0.2) is 18.9 Å². The third kappa shape index (κ3) is 3.55. The first-order valence-electron chi connectivity index (χ1n) is 7.09. The molecule has 0 radical (unpaired) electrons. The molecule has 20 heavy (non-hydrogen) atoms. The predicted octanol–water partition coefficient (Wildman–Crippen LogP) is 4.13. The Labute approximate surface area is 130 Å². The van der Waals surface area contributed by atoms with Crippen LogP contribution in [0.1, 0.15) is 32.3 Å². The number of nitrogens with one attached hydrogen (secondary N) is 1. The van der Waals surface area contributed by atoms with Crippen LogP contribution in [0.25, 0.3) is 0 Å². The van der Waals surface area contributed by atoms with Gasteiger partial charge in [0.05, 0.1) is 0 Å². The second-order valence-corrected chi connectivity index (χ2v) is 6.94. The number of carbonyl (C=O) groups excluding carboxylic acids is 1. The normalized spacial score (nSPS) is 19.9. The lowest BCUT2D eigenvalue weighted by molar-refractivity contribution is -0.129. The van der Waals surface area contributed by atoms with E-state index in [1.807, 2.05) is 6.07 Å². The molecule has 1 saturated heterocycles. The van der Waals surface area contributed by atoms with Gasteiger partial charge in [-0.2, -0.15) is 0 Å². The van der Waals surface area contributed by atoms with Crippen molar-refractivity contribution in [2.45, 2.75) is 33.1 Å². The first-order chi connectivity index (χ1) is 9.41. The maximum absolute atomic E-state index is 12.7. The summed E-state index contributed by atoms with van der Waals surface area (Å²) in [7, 11) is 0. The van der Waals surface area contributed by atoms with Gasteiger partial charge in [0.15, 0.2) is 0 Å². The molecule has 110 valence electrons. The van der Waals surface area contributed by atoms with Crippen LogP contribution in [0.15, 0.2) is 18.2 Å². The highest BCUT2D eigenvalue weighted by molar-refractivity contribution is 6.35. The largest absolute Gasteiger partial charge is 0.316 e. The molecule has 0 bridgehead atoms. The average molecular weight is 314 g/mol. The van der Waals surface area contributed by atoms with Crippen LogP contribution in [0, 0.1) is 11.3 Å². The smallest absolute Gasteiger partial charge is 0.143 e. The van der Waals surface area contributed by atoms with Crippen molar-refractivity contribution in [1.29, 1.82) is 0 Å². The molecule has 1 aliphatic rings. The fourth-order valence-electron chi connectivity index (χ4n) is 2.76. The summed E-state index contributed by atoms with van der Waals surface area (Å²) < 4.78 is 0. The van der Waals surface area contributed by atoms with Gasteiger partial charge in [-0.1, -0.05) is 43.1 Å². The van der Waals surface area contributed by atoms with Crippen molar-refractivity contribution < 1.29 is 4.79 Å². The van der Waals surface area contributed by atoms with Gasteiger partial charge >= 0.3 is 0 Å². The lowest BCUT2D eigenvalue weighted by Gasteiger charge is -2.36. The van der Waals surface area contributed by atoms with E-state index in [-0.39, 0.29) is 11.2 Å². The number of ketones is 1. The molecule has 1 unspecified atom stereocenters. The molecule has 1 heterocycles. The highest BCUT2D eigenvalue weighted by Gasteiger charge is 2.36. The number of Topliss-reactive ketones (excluding diaryl/α,β-unsaturated/α-hetero) is 1. The van der Waals surface area contributed by atoms with Crippen LogP contribution in [0.3, 0.4) is 0 Å². The predicted molar refractivity (Wildman–Crippen MR) is 84.5 cm³/mol. The zero-order valence-electron chi connectivity index (χ0n) is 12.0. The van der Waals surface area contributed by atoms with E-state index in [0.717, 1.165) is 31.5 Å². The van der Waals surface area contributed by atoms with Crippen LogP contribution >= 0.6 is 23.2 Å². The molecule has 4 heteroatoms. The standard InChI is InChI=1S/C16H21Cl2NO/c1-16(2,12-4-3-7-19-10-12)15(20)8-11-5-6-13(17)9-14(11)18/h5-6,9,12,19H,3-4,7-8,10H2,1-2H3. The first kappa shape index (κ1) is 15.8. The molecule has 1 aromatic rings. The molecular weight excluding hydrogens is 293 g/mol. The lowest BCUT2D eigenvalue weighted by Crippen LogP contribution is -2.43. The van der Waals surface area contributed by atoms with Crippen molar-refractivity contribution in [2.24, 2.45) is 11.3 Å². The summed E-state index contributed by atoms with van der Waals surface area (Å²) in [5.41, 5.74) is 0.536. The third-order valence-corrected chi connectivity index (χ3v) is 4.99. The summed E-state index contributed by atoms with van der Waals surface area (Å²) in [6, 6.07) is 5.32. The van der Waals surface area contributed by atoms with Crippen LogP contribution < -0.4 is 5.32 Å². The summed E-state index contributed by atoms with van der Waals surface area (Å²) >= 11 is 12.0. The zero-order valence-corrected chi connectivity index (χ0v) is 13.5. The van der Waals surface area contributed by atoms with E-state index in [1.165, 1.54) is 0 Å². The van der Waals surface area contributed by atoms with Crippen molar-refractivity contribution in [3.8, 4) is 0 Å². The zero-order chi connectivity index (χ0) is 14.8. The summed E-state index contributed by atoms with van der Waals surface area (Å²) in [5, 5.41) is 4.55. The molecule has 0 spiro atoms. The fourth-order valence-corrected chi connectivity index (χ4v) is 3.24. The van der Waals surface area contributed by atoms with Gasteiger partial charge in [0, 0.05) is 21.9 Å². The Morgan fingerprint density at radius 2 is 2.15 bits per heavy atom. The van der Waals surface area contributed by atoms with Crippen LogP contribution in [0.4, 0.5) is 0 Å². The van der Waals surface area contributed by atoms with Gasteiger partial charge < -0.3 is 5.32 Å². The molecule has 2 nitrogen and oxygen atoms in total. The topological polar surface area (TPSA) is 29.1 Å². The van der Waals surface area contributed by atoms with Crippen LogP contribution in [-0.2, 0) is 11.2 Å². The highest BCUT2D eigenvalue weighted by Crippen LogP contribution is 2.34. The minimum atomic E-state index is -0.323. The summed E-state index contributed by atoms with van der Waals surface area (Å²) in [6.07, 6.45) is 2.63. The second kappa shape index (κ2) is 6.46. The van der Waals surface area contributed by atoms with Crippen molar-refractivity contribution in [3.05, 3.63) is 33.8 Å². The van der Waals surface area contributed by atoms with Gasteiger partial charge in [0.2, 0.25) is 0 Å². The minimum Gasteiger partial charge on any atom is -0.316 e. The number of piperidine rings is 1. The third-order valence-electron chi connectivity index (χ3n) is 4.40. The Hall–Kier alpha value is -0.570. The fraction of sp³-hybridized carbons (Fsp3) is 0.562. The Kier molecular flexibility index (Phi) is 5.11. The lowest BCUT2D eigenvalue weighted by atomic mass is 9.71. The average Bonchev–Trinajstić information content (AvgIpc) is 2.42. The molecule has 0 saturated carbocycles. The number of rotatable bonds is 4. The molecule has 1 aromatic carbocycles. The van der Waals surface area contributed by atoms with Gasteiger partial charge in [-0.05, 0) is 49.5 Å². The second-order valence-electron chi connectivity index (χ2n) is 6.10. The number of halogens is 2. The Bertz CT molecular complexity index is 493. The van der Waals surface area contributed by atoms with E-state index < -0.39 is 0 Å². The molecule has 2 rings (SSSR count). The van der Waals surface area contributed by atoms with Gasteiger partial charge in [0.25, 0.3) is 0 Å². The van der Waals surface area contributed by atoms with E-state index >= 15 is 0 Å². The maximum atomic E-state index is 12.7. The summed E-state index contributed by atoms with van der Waals surface area (Å²) in [6.45, 7) is 6.09. The minimum absolute atomic E-state index is 0.246. The van der Waals surface area contributed by atoms with Gasteiger partial charge in [-0.15, -0.1) is 0 Å². The van der Waals surface area contributed by atoms with E-state index in [4.69, 9.17) is 23.2 Å². The Morgan fingerprint density at radius 3 is 2.75 bits per heavy atom. The van der Waals surface area contributed by atoms with Crippen molar-refractivity contribution >= 4 is 29.0 Å². The van der Waals surface area contributed by atoms with Gasteiger partial charge in [0.1, 0.15) is 5.78 Å². The van der Waals surface area contributed by atoms with Crippen molar-refractivity contribution in [1.82, 2.24) is 5.32 Å². The molecule has 0 aliphatic carbocycles. The van der Waals surface area contributed by atoms with Crippen LogP contribution in [0.5, 0.6) is 0 Å². The molecule has 0 amide bonds. The van der Waals surface area contributed by atoms with Gasteiger partial charge in [-0.3, -0.25) is 4.79 Å². The van der Waals surface area contributed by atoms with Crippen molar-refractivity contribution in [2.75, 3.05) is 13.1 Å². The van der Waals surface area contributed by atoms with E-state index in [9.17, 15) is 4.79 Å². The van der Waals surface area contributed by atoms with E-state index in [0.29, 0.717) is 22.4 Å². The molecule has 0 aromatic heterocycles. The summed E-state index contributed by atoms with van der Waals surface area (Å²) in [5.74, 6) is 0.644. The first-order valence-corrected chi connectivity index (χ1v) is 7.85. The SMILES string of the molecule is CC(C)(C(=O)Cc1ccc(Cl)cc1Cl)C1CCCNC1. The van der Waals surface area contributed by atoms with E-state index in [2.05, 4.69) is 19.2 Å². The Balaban J connectivity index is 2.09. The van der Waals surface area contributed by atoms with E-state index in [1.54, 1.807) is 12.1 Å². The van der Waals surface area contributed by atoms with Gasteiger partial charge in [-0.25, -0.2) is 0 Å². The number of hydrogen-bond donors (Lipinski definition) is 1. The van der Waals surface area contributed by atoms with Crippen LogP contribution in [0.2, 0.25) is 10.0 Å². The van der Waals surface area contributed by atoms with Crippen molar-refractivity contribution in [3.63, 3.8) is 0 Å². The Morgan fingerprint density at radius 1 is 1.40 bits per heavy atom. The highest BCUT2D eigenvalue weighted by atomic mass is 35.5. The molecule has 1 atom stereocenters. The maximum Gasteiger partial charge on any atom is 0.143 e. The molecule has 1 aliphatic heterocycles. The number of benzene rings is 1.